The van der Waals surface area contributed by atoms with Gasteiger partial charge in [-0.15, -0.1) is 0 Å². The Labute approximate surface area is 120 Å². The minimum atomic E-state index is -0.910. The summed E-state index contributed by atoms with van der Waals surface area (Å²) in [6.07, 6.45) is 8.01. The van der Waals surface area contributed by atoms with E-state index in [9.17, 15) is 4.79 Å². The first kappa shape index (κ1) is 14.6. The largest absolute Gasteiger partial charge is 0.478 e. The van der Waals surface area contributed by atoms with Gasteiger partial charge in [0.1, 0.15) is 0 Å². The Morgan fingerprint density at radius 3 is 2.50 bits per heavy atom. The minimum absolute atomic E-state index is 0.897. The summed E-state index contributed by atoms with van der Waals surface area (Å²) in [7, 11) is 0. The SMILES string of the molecule is CCCC1CCN(c2ccc(C=CC(=O)O)cc2)CC1. The summed E-state index contributed by atoms with van der Waals surface area (Å²) in [5.41, 5.74) is 2.17. The van der Waals surface area contributed by atoms with Gasteiger partial charge in [-0.1, -0.05) is 31.9 Å². The van der Waals surface area contributed by atoms with Crippen LogP contribution in [0.25, 0.3) is 6.08 Å². The Bertz CT molecular complexity index is 456. The molecule has 108 valence electrons. The highest BCUT2D eigenvalue weighted by Crippen LogP contribution is 2.26. The van der Waals surface area contributed by atoms with Crippen molar-refractivity contribution in [2.75, 3.05) is 18.0 Å². The average molecular weight is 273 g/mol. The van der Waals surface area contributed by atoms with Crippen LogP contribution in [0, 0.1) is 5.92 Å². The van der Waals surface area contributed by atoms with Crippen LogP contribution in [-0.2, 0) is 4.79 Å². The molecule has 3 heteroatoms. The summed E-state index contributed by atoms with van der Waals surface area (Å²) in [5.74, 6) is -0.0129. The fraction of sp³-hybridized carbons (Fsp3) is 0.471. The lowest BCUT2D eigenvalue weighted by atomic mass is 9.92. The van der Waals surface area contributed by atoms with Crippen LogP contribution in [0.2, 0.25) is 0 Å². The summed E-state index contributed by atoms with van der Waals surface area (Å²) in [5, 5.41) is 8.61. The summed E-state index contributed by atoms with van der Waals surface area (Å²) >= 11 is 0. The van der Waals surface area contributed by atoms with Crippen LogP contribution in [0.3, 0.4) is 0 Å². The molecule has 0 radical (unpaired) electrons. The second kappa shape index (κ2) is 7.13. The van der Waals surface area contributed by atoms with E-state index < -0.39 is 5.97 Å². The quantitative estimate of drug-likeness (QED) is 0.829. The number of hydrogen-bond acceptors (Lipinski definition) is 2. The van der Waals surface area contributed by atoms with E-state index in [-0.39, 0.29) is 0 Å². The molecule has 0 bridgehead atoms. The zero-order chi connectivity index (χ0) is 14.4. The highest BCUT2D eigenvalue weighted by molar-refractivity contribution is 5.85. The van der Waals surface area contributed by atoms with Gasteiger partial charge in [0, 0.05) is 24.9 Å². The van der Waals surface area contributed by atoms with E-state index in [1.54, 1.807) is 6.08 Å². The van der Waals surface area contributed by atoms with Crippen LogP contribution < -0.4 is 4.90 Å². The summed E-state index contributed by atoms with van der Waals surface area (Å²) in [4.78, 5) is 12.9. The molecule has 0 saturated carbocycles. The maximum Gasteiger partial charge on any atom is 0.328 e. The topological polar surface area (TPSA) is 40.5 Å². The molecule has 1 heterocycles. The van der Waals surface area contributed by atoms with E-state index in [1.165, 1.54) is 37.4 Å². The number of carboxylic acid groups (broad SMARTS) is 1. The fourth-order valence-corrected chi connectivity index (χ4v) is 2.85. The Balaban J connectivity index is 1.92. The van der Waals surface area contributed by atoms with E-state index in [0.29, 0.717) is 0 Å². The van der Waals surface area contributed by atoms with Gasteiger partial charge < -0.3 is 10.0 Å². The molecule has 1 N–H and O–H groups in total. The maximum absolute atomic E-state index is 10.5. The predicted octanol–water partition coefficient (Wildman–Crippen LogP) is 3.80. The van der Waals surface area contributed by atoms with Crippen molar-refractivity contribution < 1.29 is 9.90 Å². The first-order valence-corrected chi connectivity index (χ1v) is 7.45. The lowest BCUT2D eigenvalue weighted by Gasteiger charge is -2.33. The molecule has 1 saturated heterocycles. The molecule has 0 unspecified atom stereocenters. The maximum atomic E-state index is 10.5. The molecule has 2 rings (SSSR count). The number of hydrogen-bond donors (Lipinski definition) is 1. The molecular weight excluding hydrogens is 250 g/mol. The molecule has 1 fully saturated rings. The number of rotatable bonds is 5. The van der Waals surface area contributed by atoms with Gasteiger partial charge in [0.2, 0.25) is 0 Å². The van der Waals surface area contributed by atoms with E-state index in [0.717, 1.165) is 24.6 Å². The first-order chi connectivity index (χ1) is 9.69. The van der Waals surface area contributed by atoms with Gasteiger partial charge in [-0.05, 0) is 42.5 Å². The Morgan fingerprint density at radius 1 is 1.30 bits per heavy atom. The van der Waals surface area contributed by atoms with Crippen molar-refractivity contribution in [2.24, 2.45) is 5.92 Å². The Morgan fingerprint density at radius 2 is 1.95 bits per heavy atom. The highest BCUT2D eigenvalue weighted by Gasteiger charge is 2.18. The van der Waals surface area contributed by atoms with Crippen LogP contribution in [0.1, 0.15) is 38.2 Å². The van der Waals surface area contributed by atoms with Crippen LogP contribution in [0.5, 0.6) is 0 Å². The van der Waals surface area contributed by atoms with Gasteiger partial charge in [-0.2, -0.15) is 0 Å². The van der Waals surface area contributed by atoms with E-state index in [1.807, 2.05) is 12.1 Å². The van der Waals surface area contributed by atoms with Crippen LogP contribution in [-0.4, -0.2) is 24.2 Å². The lowest BCUT2D eigenvalue weighted by molar-refractivity contribution is -0.131. The zero-order valence-corrected chi connectivity index (χ0v) is 12.1. The third-order valence-electron chi connectivity index (χ3n) is 3.99. The molecule has 0 spiro atoms. The monoisotopic (exact) mass is 273 g/mol. The second-order valence-corrected chi connectivity index (χ2v) is 5.48. The smallest absolute Gasteiger partial charge is 0.328 e. The van der Waals surface area contributed by atoms with Gasteiger partial charge in [-0.3, -0.25) is 0 Å². The summed E-state index contributed by atoms with van der Waals surface area (Å²) in [6.45, 7) is 4.53. The number of anilines is 1. The van der Waals surface area contributed by atoms with Gasteiger partial charge in [0.05, 0.1) is 0 Å². The average Bonchev–Trinajstić information content (AvgIpc) is 2.47. The standard InChI is InChI=1S/C17H23NO2/c1-2-3-14-10-12-18(13-11-14)16-7-4-15(5-8-16)6-9-17(19)20/h4-9,14H,2-3,10-13H2,1H3,(H,19,20). The Hall–Kier alpha value is -1.77. The molecule has 20 heavy (non-hydrogen) atoms. The Kier molecular flexibility index (Phi) is 5.22. The third-order valence-corrected chi connectivity index (χ3v) is 3.99. The lowest BCUT2D eigenvalue weighted by Crippen LogP contribution is -2.33. The third kappa shape index (κ3) is 4.12. The highest BCUT2D eigenvalue weighted by atomic mass is 16.4. The number of benzene rings is 1. The van der Waals surface area contributed by atoms with E-state index in [2.05, 4.69) is 24.0 Å². The van der Waals surface area contributed by atoms with Crippen molar-refractivity contribution >= 4 is 17.7 Å². The normalized spacial score (nSPS) is 16.8. The number of carboxylic acids is 1. The van der Waals surface area contributed by atoms with Crippen molar-refractivity contribution in [2.45, 2.75) is 32.6 Å². The molecular formula is C17H23NO2. The van der Waals surface area contributed by atoms with Crippen molar-refractivity contribution in [3.8, 4) is 0 Å². The van der Waals surface area contributed by atoms with Gasteiger partial charge >= 0.3 is 5.97 Å². The molecule has 0 amide bonds. The first-order valence-electron chi connectivity index (χ1n) is 7.45. The van der Waals surface area contributed by atoms with Crippen molar-refractivity contribution in [1.29, 1.82) is 0 Å². The van der Waals surface area contributed by atoms with Crippen molar-refractivity contribution in [3.05, 3.63) is 35.9 Å². The zero-order valence-electron chi connectivity index (χ0n) is 12.1. The molecule has 1 aromatic rings. The van der Waals surface area contributed by atoms with Crippen molar-refractivity contribution in [1.82, 2.24) is 0 Å². The van der Waals surface area contributed by atoms with Gasteiger partial charge in [-0.25, -0.2) is 4.79 Å². The van der Waals surface area contributed by atoms with Crippen LogP contribution in [0.15, 0.2) is 30.3 Å². The molecule has 1 aliphatic heterocycles. The van der Waals surface area contributed by atoms with Gasteiger partial charge in [0.15, 0.2) is 0 Å². The molecule has 0 aliphatic carbocycles. The number of nitrogens with zero attached hydrogens (tertiary/aromatic N) is 1. The molecule has 1 aromatic carbocycles. The van der Waals surface area contributed by atoms with Crippen LogP contribution >= 0.6 is 0 Å². The minimum Gasteiger partial charge on any atom is -0.478 e. The molecule has 1 aliphatic rings. The van der Waals surface area contributed by atoms with Gasteiger partial charge in [0.25, 0.3) is 0 Å². The number of aliphatic carboxylic acids is 1. The molecule has 3 nitrogen and oxygen atoms in total. The molecule has 0 atom stereocenters. The molecule has 0 aromatic heterocycles. The number of carbonyl (C=O) groups is 1. The number of piperidine rings is 1. The van der Waals surface area contributed by atoms with E-state index in [4.69, 9.17) is 5.11 Å². The fourth-order valence-electron chi connectivity index (χ4n) is 2.85. The predicted molar refractivity (Wildman–Crippen MR) is 83.0 cm³/mol. The van der Waals surface area contributed by atoms with Crippen LogP contribution in [0.4, 0.5) is 5.69 Å². The second-order valence-electron chi connectivity index (χ2n) is 5.48. The van der Waals surface area contributed by atoms with Crippen molar-refractivity contribution in [3.63, 3.8) is 0 Å². The van der Waals surface area contributed by atoms with E-state index >= 15 is 0 Å². The summed E-state index contributed by atoms with van der Waals surface area (Å²) < 4.78 is 0. The summed E-state index contributed by atoms with van der Waals surface area (Å²) in [6, 6.07) is 8.13.